The van der Waals surface area contributed by atoms with E-state index >= 15 is 0 Å². The van der Waals surface area contributed by atoms with Crippen molar-refractivity contribution < 1.29 is 0 Å². The van der Waals surface area contributed by atoms with Crippen molar-refractivity contribution in [2.24, 2.45) is 5.92 Å². The molecule has 0 aromatic carbocycles. The number of aromatic nitrogens is 3. The molecule has 1 unspecified atom stereocenters. The molecule has 0 fully saturated rings. The summed E-state index contributed by atoms with van der Waals surface area (Å²) in [5.41, 5.74) is 2.04. The standard InChI is InChI=1S/C13H20N4/c1-10(2)8-12(14-3)9-11-5-7-17-13(16-11)4-6-15-17/h4-7,10,12,14H,8-9H2,1-3H3. The summed E-state index contributed by atoms with van der Waals surface area (Å²) in [5.74, 6) is 0.700. The molecule has 0 bridgehead atoms. The molecule has 0 aliphatic heterocycles. The fourth-order valence-electron chi connectivity index (χ4n) is 2.09. The second-order valence-corrected chi connectivity index (χ2v) is 4.87. The Kier molecular flexibility index (Phi) is 3.74. The van der Waals surface area contributed by atoms with E-state index in [1.807, 2.05) is 25.4 Å². The molecule has 4 heteroatoms. The van der Waals surface area contributed by atoms with Gasteiger partial charge in [0.05, 0.1) is 6.20 Å². The maximum Gasteiger partial charge on any atom is 0.155 e. The molecule has 2 aromatic rings. The van der Waals surface area contributed by atoms with Crippen molar-refractivity contribution in [3.63, 3.8) is 0 Å². The smallest absolute Gasteiger partial charge is 0.155 e. The van der Waals surface area contributed by atoms with Gasteiger partial charge in [-0.3, -0.25) is 0 Å². The van der Waals surface area contributed by atoms with E-state index in [2.05, 4.69) is 29.2 Å². The van der Waals surface area contributed by atoms with E-state index in [1.54, 1.807) is 10.7 Å². The Balaban J connectivity index is 2.10. The summed E-state index contributed by atoms with van der Waals surface area (Å²) in [6.07, 6.45) is 5.88. The maximum atomic E-state index is 4.59. The van der Waals surface area contributed by atoms with E-state index in [0.29, 0.717) is 12.0 Å². The minimum absolute atomic E-state index is 0.493. The summed E-state index contributed by atoms with van der Waals surface area (Å²) in [6, 6.07) is 4.47. The van der Waals surface area contributed by atoms with Gasteiger partial charge in [0, 0.05) is 30.4 Å². The van der Waals surface area contributed by atoms with E-state index < -0.39 is 0 Å². The van der Waals surface area contributed by atoms with Crippen LogP contribution in [-0.2, 0) is 6.42 Å². The van der Waals surface area contributed by atoms with Crippen LogP contribution in [0.15, 0.2) is 24.5 Å². The molecule has 0 radical (unpaired) electrons. The number of rotatable bonds is 5. The summed E-state index contributed by atoms with van der Waals surface area (Å²) in [6.45, 7) is 4.50. The predicted molar refractivity (Wildman–Crippen MR) is 69.0 cm³/mol. The van der Waals surface area contributed by atoms with Crippen LogP contribution >= 0.6 is 0 Å². The van der Waals surface area contributed by atoms with Crippen molar-refractivity contribution in [3.05, 3.63) is 30.2 Å². The Morgan fingerprint density at radius 1 is 1.35 bits per heavy atom. The SMILES string of the molecule is CNC(Cc1ccn2nccc2n1)CC(C)C. The number of nitrogens with zero attached hydrogens (tertiary/aromatic N) is 3. The summed E-state index contributed by atoms with van der Waals surface area (Å²) in [7, 11) is 2.02. The molecule has 92 valence electrons. The maximum absolute atomic E-state index is 4.59. The van der Waals surface area contributed by atoms with Crippen LogP contribution in [0.2, 0.25) is 0 Å². The number of likely N-dealkylation sites (N-methyl/N-ethyl adjacent to an activating group) is 1. The predicted octanol–water partition coefficient (Wildman–Crippen LogP) is 1.91. The lowest BCUT2D eigenvalue weighted by atomic mass is 10.00. The molecule has 1 N–H and O–H groups in total. The minimum atomic E-state index is 0.493. The van der Waals surface area contributed by atoms with Crippen LogP contribution in [0.4, 0.5) is 0 Å². The van der Waals surface area contributed by atoms with Crippen molar-refractivity contribution in [1.82, 2.24) is 19.9 Å². The van der Waals surface area contributed by atoms with Gasteiger partial charge in [-0.25, -0.2) is 9.50 Å². The minimum Gasteiger partial charge on any atom is -0.317 e. The van der Waals surface area contributed by atoms with Gasteiger partial charge in [0.15, 0.2) is 5.65 Å². The van der Waals surface area contributed by atoms with Gasteiger partial charge < -0.3 is 5.32 Å². The quantitative estimate of drug-likeness (QED) is 0.856. The average Bonchev–Trinajstić information content (AvgIpc) is 2.74. The Hall–Kier alpha value is -1.42. The zero-order chi connectivity index (χ0) is 12.3. The Bertz CT molecular complexity index is 475. The molecule has 0 spiro atoms. The van der Waals surface area contributed by atoms with Crippen molar-refractivity contribution in [1.29, 1.82) is 0 Å². The lowest BCUT2D eigenvalue weighted by molar-refractivity contribution is 0.438. The highest BCUT2D eigenvalue weighted by atomic mass is 15.2. The van der Waals surface area contributed by atoms with E-state index in [-0.39, 0.29) is 0 Å². The average molecular weight is 232 g/mol. The fraction of sp³-hybridized carbons (Fsp3) is 0.538. The third-order valence-electron chi connectivity index (χ3n) is 2.94. The Morgan fingerprint density at radius 3 is 2.88 bits per heavy atom. The van der Waals surface area contributed by atoms with Gasteiger partial charge >= 0.3 is 0 Å². The zero-order valence-electron chi connectivity index (χ0n) is 10.7. The lowest BCUT2D eigenvalue weighted by Crippen LogP contribution is -2.29. The summed E-state index contributed by atoms with van der Waals surface area (Å²) in [4.78, 5) is 4.59. The molecule has 4 nitrogen and oxygen atoms in total. The first-order valence-corrected chi connectivity index (χ1v) is 6.15. The number of fused-ring (bicyclic) bond motifs is 1. The topological polar surface area (TPSA) is 42.2 Å². The van der Waals surface area contributed by atoms with Crippen LogP contribution in [0.1, 0.15) is 26.0 Å². The molecule has 0 aliphatic rings. The fourth-order valence-corrected chi connectivity index (χ4v) is 2.09. The zero-order valence-corrected chi connectivity index (χ0v) is 10.7. The highest BCUT2D eigenvalue weighted by Gasteiger charge is 2.10. The first-order valence-electron chi connectivity index (χ1n) is 6.15. The molecule has 1 atom stereocenters. The van der Waals surface area contributed by atoms with Crippen LogP contribution < -0.4 is 5.32 Å². The van der Waals surface area contributed by atoms with Gasteiger partial charge in [0.1, 0.15) is 0 Å². The van der Waals surface area contributed by atoms with Crippen molar-refractivity contribution in [3.8, 4) is 0 Å². The molecule has 0 aliphatic carbocycles. The summed E-state index contributed by atoms with van der Waals surface area (Å²) >= 11 is 0. The molecule has 17 heavy (non-hydrogen) atoms. The van der Waals surface area contributed by atoms with Crippen LogP contribution in [-0.4, -0.2) is 27.7 Å². The molecular formula is C13H20N4. The summed E-state index contributed by atoms with van der Waals surface area (Å²) < 4.78 is 1.79. The van der Waals surface area contributed by atoms with Crippen LogP contribution in [0.5, 0.6) is 0 Å². The van der Waals surface area contributed by atoms with Gasteiger partial charge in [0.25, 0.3) is 0 Å². The number of hydrogen-bond donors (Lipinski definition) is 1. The van der Waals surface area contributed by atoms with Gasteiger partial charge in [-0.2, -0.15) is 5.10 Å². The lowest BCUT2D eigenvalue weighted by Gasteiger charge is -2.17. The highest BCUT2D eigenvalue weighted by molar-refractivity contribution is 5.36. The molecule has 0 amide bonds. The van der Waals surface area contributed by atoms with Gasteiger partial charge in [-0.05, 0) is 25.5 Å². The molecule has 0 saturated carbocycles. The second-order valence-electron chi connectivity index (χ2n) is 4.87. The van der Waals surface area contributed by atoms with E-state index in [0.717, 1.165) is 17.8 Å². The largest absolute Gasteiger partial charge is 0.317 e. The first-order chi connectivity index (χ1) is 8.19. The Morgan fingerprint density at radius 2 is 2.18 bits per heavy atom. The Labute approximate surface area is 102 Å². The van der Waals surface area contributed by atoms with Gasteiger partial charge in [-0.15, -0.1) is 0 Å². The molecular weight excluding hydrogens is 212 g/mol. The normalized spacial score (nSPS) is 13.4. The molecule has 2 rings (SSSR count). The second kappa shape index (κ2) is 5.27. The van der Waals surface area contributed by atoms with E-state index in [1.165, 1.54) is 6.42 Å². The van der Waals surface area contributed by atoms with Crippen molar-refractivity contribution >= 4 is 5.65 Å². The molecule has 2 heterocycles. The van der Waals surface area contributed by atoms with Crippen molar-refractivity contribution in [2.75, 3.05) is 7.05 Å². The van der Waals surface area contributed by atoms with E-state index in [4.69, 9.17) is 0 Å². The summed E-state index contributed by atoms with van der Waals surface area (Å²) in [5, 5.41) is 7.51. The monoisotopic (exact) mass is 232 g/mol. The molecule has 0 saturated heterocycles. The van der Waals surface area contributed by atoms with Crippen LogP contribution in [0.3, 0.4) is 0 Å². The van der Waals surface area contributed by atoms with Crippen molar-refractivity contribution in [2.45, 2.75) is 32.7 Å². The molecule has 2 aromatic heterocycles. The van der Waals surface area contributed by atoms with E-state index in [9.17, 15) is 0 Å². The highest BCUT2D eigenvalue weighted by Crippen LogP contribution is 2.10. The first kappa shape index (κ1) is 12.0. The van der Waals surface area contributed by atoms with Crippen LogP contribution in [0.25, 0.3) is 5.65 Å². The van der Waals surface area contributed by atoms with Gasteiger partial charge in [0.2, 0.25) is 0 Å². The third kappa shape index (κ3) is 3.03. The van der Waals surface area contributed by atoms with Crippen LogP contribution in [0, 0.1) is 5.92 Å². The number of hydrogen-bond acceptors (Lipinski definition) is 3. The third-order valence-corrected chi connectivity index (χ3v) is 2.94. The number of nitrogens with one attached hydrogen (secondary N) is 1. The van der Waals surface area contributed by atoms with Gasteiger partial charge in [-0.1, -0.05) is 13.8 Å².